The van der Waals surface area contributed by atoms with Crippen molar-refractivity contribution < 1.29 is 0 Å². The Morgan fingerprint density at radius 1 is 1.36 bits per heavy atom. The molecule has 3 nitrogen and oxygen atoms in total. The highest BCUT2D eigenvalue weighted by atomic mass is 32.1. The van der Waals surface area contributed by atoms with E-state index in [2.05, 4.69) is 34.2 Å². The lowest BCUT2D eigenvalue weighted by atomic mass is 10.2. The predicted molar refractivity (Wildman–Crippen MR) is 57.2 cm³/mol. The molecule has 0 N–H and O–H groups in total. The van der Waals surface area contributed by atoms with Crippen molar-refractivity contribution in [1.29, 1.82) is 0 Å². The first-order valence-corrected chi connectivity index (χ1v) is 5.37. The Hall–Kier alpha value is -1.29. The third-order valence-electron chi connectivity index (χ3n) is 1.91. The molecule has 2 heterocycles. The van der Waals surface area contributed by atoms with Crippen LogP contribution in [0.4, 0.5) is 0 Å². The molecule has 0 radical (unpaired) electrons. The van der Waals surface area contributed by atoms with Crippen LogP contribution in [0, 0.1) is 0 Å². The van der Waals surface area contributed by atoms with Crippen molar-refractivity contribution in [2.75, 3.05) is 0 Å². The molecule has 2 rings (SSSR count). The van der Waals surface area contributed by atoms with E-state index in [1.807, 2.05) is 6.07 Å². The van der Waals surface area contributed by atoms with Gasteiger partial charge in [-0.05, 0) is 12.0 Å². The summed E-state index contributed by atoms with van der Waals surface area (Å²) in [4.78, 5) is 12.5. The Morgan fingerprint density at radius 2 is 2.21 bits per heavy atom. The average molecular weight is 205 g/mol. The number of nitrogens with zero attached hydrogens (tertiary/aromatic N) is 3. The molecule has 0 unspecified atom stereocenters. The number of hydrogen-bond acceptors (Lipinski definition) is 4. The molecule has 0 bridgehead atoms. The van der Waals surface area contributed by atoms with Gasteiger partial charge in [0.15, 0.2) is 0 Å². The fourth-order valence-electron chi connectivity index (χ4n) is 1.09. The van der Waals surface area contributed by atoms with Gasteiger partial charge in [-0.3, -0.25) is 0 Å². The second kappa shape index (κ2) is 3.84. The van der Waals surface area contributed by atoms with Crippen LogP contribution in [0.15, 0.2) is 24.0 Å². The number of thiazole rings is 1. The van der Waals surface area contributed by atoms with Crippen molar-refractivity contribution in [3.8, 4) is 10.7 Å². The Labute approximate surface area is 86.9 Å². The van der Waals surface area contributed by atoms with Crippen molar-refractivity contribution in [1.82, 2.24) is 15.0 Å². The normalized spacial score (nSPS) is 10.8. The second-order valence-electron chi connectivity index (χ2n) is 3.33. The van der Waals surface area contributed by atoms with Crippen LogP contribution in [0.2, 0.25) is 0 Å². The highest BCUT2D eigenvalue weighted by Crippen LogP contribution is 2.24. The Kier molecular flexibility index (Phi) is 2.54. The largest absolute Gasteiger partial charge is 0.245 e. The molecular formula is C10H11N3S. The first kappa shape index (κ1) is 9.27. The van der Waals surface area contributed by atoms with E-state index in [0.717, 1.165) is 16.4 Å². The molecule has 2 aromatic heterocycles. The van der Waals surface area contributed by atoms with Crippen LogP contribution < -0.4 is 0 Å². The molecule has 0 amide bonds. The van der Waals surface area contributed by atoms with Crippen LogP contribution in [0.5, 0.6) is 0 Å². The molecule has 0 fully saturated rings. The summed E-state index contributed by atoms with van der Waals surface area (Å²) >= 11 is 1.63. The zero-order chi connectivity index (χ0) is 9.97. The zero-order valence-corrected chi connectivity index (χ0v) is 8.95. The van der Waals surface area contributed by atoms with Crippen LogP contribution in [0.3, 0.4) is 0 Å². The van der Waals surface area contributed by atoms with Gasteiger partial charge in [0.1, 0.15) is 17.0 Å². The Bertz CT molecular complexity index is 408. The van der Waals surface area contributed by atoms with E-state index in [-0.39, 0.29) is 0 Å². The molecule has 2 aromatic rings. The highest BCUT2D eigenvalue weighted by molar-refractivity contribution is 7.13. The lowest BCUT2D eigenvalue weighted by Gasteiger charge is -1.96. The third kappa shape index (κ3) is 1.80. The molecule has 0 atom stereocenters. The third-order valence-corrected chi connectivity index (χ3v) is 2.80. The van der Waals surface area contributed by atoms with Gasteiger partial charge in [-0.2, -0.15) is 0 Å². The van der Waals surface area contributed by atoms with Gasteiger partial charge in [-0.15, -0.1) is 11.3 Å². The maximum atomic E-state index is 4.51. The predicted octanol–water partition coefficient (Wildman–Crippen LogP) is 2.72. The van der Waals surface area contributed by atoms with E-state index < -0.39 is 0 Å². The SMILES string of the molecule is CC(C)c1csc(-c2ccncn2)n1. The van der Waals surface area contributed by atoms with Crippen LogP contribution in [-0.2, 0) is 0 Å². The molecule has 0 spiro atoms. The van der Waals surface area contributed by atoms with E-state index >= 15 is 0 Å². The van der Waals surface area contributed by atoms with Gasteiger partial charge in [0, 0.05) is 11.6 Å². The lowest BCUT2D eigenvalue weighted by Crippen LogP contribution is -1.88. The number of aromatic nitrogens is 3. The Balaban J connectivity index is 2.34. The molecule has 0 aromatic carbocycles. The lowest BCUT2D eigenvalue weighted by molar-refractivity contribution is 0.833. The molecule has 0 saturated carbocycles. The minimum Gasteiger partial charge on any atom is -0.245 e. The van der Waals surface area contributed by atoms with E-state index in [9.17, 15) is 0 Å². The van der Waals surface area contributed by atoms with Crippen LogP contribution >= 0.6 is 11.3 Å². The van der Waals surface area contributed by atoms with Gasteiger partial charge in [0.2, 0.25) is 0 Å². The average Bonchev–Trinajstić information content (AvgIpc) is 2.68. The van der Waals surface area contributed by atoms with E-state index in [1.54, 1.807) is 23.9 Å². The Morgan fingerprint density at radius 3 is 2.79 bits per heavy atom. The van der Waals surface area contributed by atoms with Crippen molar-refractivity contribution in [3.63, 3.8) is 0 Å². The molecule has 14 heavy (non-hydrogen) atoms. The highest BCUT2D eigenvalue weighted by Gasteiger charge is 2.07. The maximum Gasteiger partial charge on any atom is 0.142 e. The van der Waals surface area contributed by atoms with Gasteiger partial charge < -0.3 is 0 Å². The summed E-state index contributed by atoms with van der Waals surface area (Å²) in [7, 11) is 0. The van der Waals surface area contributed by atoms with Crippen LogP contribution in [0.1, 0.15) is 25.5 Å². The topological polar surface area (TPSA) is 38.7 Å². The van der Waals surface area contributed by atoms with Crippen LogP contribution in [0.25, 0.3) is 10.7 Å². The minimum atomic E-state index is 0.474. The summed E-state index contributed by atoms with van der Waals surface area (Å²) in [6.45, 7) is 4.28. The van der Waals surface area contributed by atoms with Gasteiger partial charge in [-0.1, -0.05) is 13.8 Å². The summed E-state index contributed by atoms with van der Waals surface area (Å²) in [6, 6.07) is 1.88. The van der Waals surface area contributed by atoms with Gasteiger partial charge in [0.05, 0.1) is 5.69 Å². The maximum absolute atomic E-state index is 4.51. The van der Waals surface area contributed by atoms with Gasteiger partial charge >= 0.3 is 0 Å². The summed E-state index contributed by atoms with van der Waals surface area (Å²) in [5, 5.41) is 3.05. The minimum absolute atomic E-state index is 0.474. The molecule has 0 saturated heterocycles. The van der Waals surface area contributed by atoms with Crippen LogP contribution in [-0.4, -0.2) is 15.0 Å². The van der Waals surface area contributed by atoms with E-state index in [1.165, 1.54) is 0 Å². The smallest absolute Gasteiger partial charge is 0.142 e. The van der Waals surface area contributed by atoms with E-state index in [4.69, 9.17) is 0 Å². The molecule has 0 aliphatic heterocycles. The summed E-state index contributed by atoms with van der Waals surface area (Å²) in [5.41, 5.74) is 2.03. The van der Waals surface area contributed by atoms with Gasteiger partial charge in [-0.25, -0.2) is 15.0 Å². The first-order valence-electron chi connectivity index (χ1n) is 4.49. The first-order chi connectivity index (χ1) is 6.77. The molecular weight excluding hydrogens is 194 g/mol. The van der Waals surface area contributed by atoms with Crippen molar-refractivity contribution in [2.45, 2.75) is 19.8 Å². The second-order valence-corrected chi connectivity index (χ2v) is 4.18. The van der Waals surface area contributed by atoms with Crippen molar-refractivity contribution in [2.24, 2.45) is 0 Å². The molecule has 0 aliphatic carbocycles. The number of rotatable bonds is 2. The zero-order valence-electron chi connectivity index (χ0n) is 8.14. The fraction of sp³-hybridized carbons (Fsp3) is 0.300. The summed E-state index contributed by atoms with van der Waals surface area (Å²) < 4.78 is 0. The molecule has 4 heteroatoms. The van der Waals surface area contributed by atoms with Gasteiger partial charge in [0.25, 0.3) is 0 Å². The summed E-state index contributed by atoms with van der Waals surface area (Å²) in [5.74, 6) is 0.474. The summed E-state index contributed by atoms with van der Waals surface area (Å²) in [6.07, 6.45) is 3.28. The number of hydrogen-bond donors (Lipinski definition) is 0. The van der Waals surface area contributed by atoms with Crippen molar-refractivity contribution in [3.05, 3.63) is 29.7 Å². The fourth-order valence-corrected chi connectivity index (χ4v) is 2.04. The molecule has 72 valence electrons. The van der Waals surface area contributed by atoms with Crippen molar-refractivity contribution >= 4 is 11.3 Å². The monoisotopic (exact) mass is 205 g/mol. The standard InChI is InChI=1S/C10H11N3S/c1-7(2)9-5-14-10(13-9)8-3-4-11-6-12-8/h3-7H,1-2H3. The van der Waals surface area contributed by atoms with E-state index in [0.29, 0.717) is 5.92 Å². The quantitative estimate of drug-likeness (QED) is 0.756. The molecule has 0 aliphatic rings.